The van der Waals surface area contributed by atoms with Gasteiger partial charge < -0.3 is 20.6 Å². The molecule has 1 aliphatic heterocycles. The number of nitrogens with one attached hydrogen (secondary N) is 2. The number of hydrogen-bond donors (Lipinski definition) is 3. The Morgan fingerprint density at radius 2 is 1.92 bits per heavy atom. The fourth-order valence-electron chi connectivity index (χ4n) is 2.65. The molecule has 0 radical (unpaired) electrons. The summed E-state index contributed by atoms with van der Waals surface area (Å²) >= 11 is 0. The third-order valence-corrected chi connectivity index (χ3v) is 3.97. The maximum absolute atomic E-state index is 12.3. The molecule has 7 heteroatoms. The van der Waals surface area contributed by atoms with E-state index in [2.05, 4.69) is 10.6 Å². The number of anilines is 1. The molecule has 3 amide bonds. The summed E-state index contributed by atoms with van der Waals surface area (Å²) in [5.41, 5.74) is 2.06. The van der Waals surface area contributed by atoms with E-state index in [1.54, 1.807) is 18.2 Å². The lowest BCUT2D eigenvalue weighted by Gasteiger charge is -2.16. The first-order valence-electron chi connectivity index (χ1n) is 8.14. The molecule has 0 atom stereocenters. The number of carboxylic acids is 1. The van der Waals surface area contributed by atoms with E-state index >= 15 is 0 Å². The monoisotopic (exact) mass is 333 g/mol. The van der Waals surface area contributed by atoms with Crippen LogP contribution < -0.4 is 10.6 Å². The van der Waals surface area contributed by atoms with Gasteiger partial charge in [-0.05, 0) is 49.9 Å². The number of urea groups is 1. The molecule has 3 N–H and O–H groups in total. The van der Waals surface area contributed by atoms with Crippen LogP contribution in [0.2, 0.25) is 0 Å². The third kappa shape index (κ3) is 4.97. The van der Waals surface area contributed by atoms with Crippen LogP contribution >= 0.6 is 0 Å². The number of aliphatic carboxylic acids is 1. The molecule has 1 heterocycles. The molecule has 0 spiro atoms. The summed E-state index contributed by atoms with van der Waals surface area (Å²) in [5, 5.41) is 13.9. The SMILES string of the molecule is Cc1cc(C(=O)N2CCCC2)ccc1NC(=O)NCCCC(=O)O. The second-order valence-electron chi connectivity index (χ2n) is 5.91. The van der Waals surface area contributed by atoms with Crippen LogP contribution in [0.4, 0.5) is 10.5 Å². The smallest absolute Gasteiger partial charge is 0.319 e. The Balaban J connectivity index is 1.88. The van der Waals surface area contributed by atoms with Gasteiger partial charge in [0.15, 0.2) is 0 Å². The molecule has 130 valence electrons. The molecule has 0 bridgehead atoms. The van der Waals surface area contributed by atoms with Crippen LogP contribution in [0.25, 0.3) is 0 Å². The number of likely N-dealkylation sites (tertiary alicyclic amines) is 1. The second kappa shape index (κ2) is 8.33. The Bertz CT molecular complexity index is 624. The van der Waals surface area contributed by atoms with Gasteiger partial charge in [0.25, 0.3) is 5.91 Å². The van der Waals surface area contributed by atoms with E-state index in [9.17, 15) is 14.4 Å². The van der Waals surface area contributed by atoms with E-state index in [1.165, 1.54) is 0 Å². The first-order chi connectivity index (χ1) is 11.5. The van der Waals surface area contributed by atoms with Crippen LogP contribution in [0, 0.1) is 6.92 Å². The van der Waals surface area contributed by atoms with Gasteiger partial charge in [0.2, 0.25) is 0 Å². The quantitative estimate of drug-likeness (QED) is 0.695. The van der Waals surface area contributed by atoms with Crippen LogP contribution in [-0.2, 0) is 4.79 Å². The molecule has 1 aromatic carbocycles. The predicted molar refractivity (Wildman–Crippen MR) is 90.2 cm³/mol. The molecule has 0 aliphatic carbocycles. The summed E-state index contributed by atoms with van der Waals surface area (Å²) in [6.07, 6.45) is 2.50. The lowest BCUT2D eigenvalue weighted by Crippen LogP contribution is -2.30. The minimum absolute atomic E-state index is 0.0205. The van der Waals surface area contributed by atoms with Crippen molar-refractivity contribution in [1.82, 2.24) is 10.2 Å². The maximum Gasteiger partial charge on any atom is 0.319 e. The van der Waals surface area contributed by atoms with E-state index in [0.717, 1.165) is 31.5 Å². The van der Waals surface area contributed by atoms with Crippen molar-refractivity contribution in [3.05, 3.63) is 29.3 Å². The van der Waals surface area contributed by atoms with Crippen molar-refractivity contribution in [1.29, 1.82) is 0 Å². The molecule has 2 rings (SSSR count). The zero-order valence-corrected chi connectivity index (χ0v) is 13.8. The highest BCUT2D eigenvalue weighted by Gasteiger charge is 2.19. The molecule has 0 aromatic heterocycles. The van der Waals surface area contributed by atoms with E-state index in [4.69, 9.17) is 5.11 Å². The van der Waals surface area contributed by atoms with Gasteiger partial charge >= 0.3 is 12.0 Å². The molecular formula is C17H23N3O4. The highest BCUT2D eigenvalue weighted by Crippen LogP contribution is 2.19. The molecule has 24 heavy (non-hydrogen) atoms. The fourth-order valence-corrected chi connectivity index (χ4v) is 2.65. The number of amides is 3. The highest BCUT2D eigenvalue weighted by atomic mass is 16.4. The zero-order chi connectivity index (χ0) is 17.5. The van der Waals surface area contributed by atoms with Gasteiger partial charge in [-0.15, -0.1) is 0 Å². The van der Waals surface area contributed by atoms with E-state index in [0.29, 0.717) is 24.2 Å². The Kier molecular flexibility index (Phi) is 6.17. The standard InChI is InChI=1S/C17H23N3O4/c1-12-11-13(16(23)20-9-2-3-10-20)6-7-14(12)19-17(24)18-8-4-5-15(21)22/h6-7,11H,2-5,8-10H2,1H3,(H,21,22)(H2,18,19,24). The molecule has 1 aromatic rings. The van der Waals surface area contributed by atoms with Gasteiger partial charge in [0.1, 0.15) is 0 Å². The van der Waals surface area contributed by atoms with Gasteiger partial charge in [0, 0.05) is 37.3 Å². The van der Waals surface area contributed by atoms with Gasteiger partial charge in [-0.3, -0.25) is 9.59 Å². The summed E-state index contributed by atoms with van der Waals surface area (Å²) in [6.45, 7) is 3.73. The van der Waals surface area contributed by atoms with Crippen LogP contribution in [0.15, 0.2) is 18.2 Å². The number of aryl methyl sites for hydroxylation is 1. The minimum atomic E-state index is -0.883. The summed E-state index contributed by atoms with van der Waals surface area (Å²) < 4.78 is 0. The van der Waals surface area contributed by atoms with Crippen molar-refractivity contribution in [2.24, 2.45) is 0 Å². The van der Waals surface area contributed by atoms with Gasteiger partial charge in [0.05, 0.1) is 0 Å². The van der Waals surface area contributed by atoms with Crippen LogP contribution in [0.5, 0.6) is 0 Å². The number of carbonyl (C=O) groups excluding carboxylic acids is 2. The predicted octanol–water partition coefficient (Wildman–Crippen LogP) is 2.22. The van der Waals surface area contributed by atoms with E-state index in [1.807, 2.05) is 11.8 Å². The number of benzene rings is 1. The molecule has 1 saturated heterocycles. The summed E-state index contributed by atoms with van der Waals surface area (Å²) in [6, 6.07) is 4.83. The van der Waals surface area contributed by atoms with Crippen molar-refractivity contribution < 1.29 is 19.5 Å². The zero-order valence-electron chi connectivity index (χ0n) is 13.8. The number of nitrogens with zero attached hydrogens (tertiary/aromatic N) is 1. The van der Waals surface area contributed by atoms with Crippen LogP contribution in [0.3, 0.4) is 0 Å². The van der Waals surface area contributed by atoms with Crippen molar-refractivity contribution >= 4 is 23.6 Å². The normalized spacial score (nSPS) is 13.6. The first-order valence-corrected chi connectivity index (χ1v) is 8.14. The topological polar surface area (TPSA) is 98.7 Å². The third-order valence-electron chi connectivity index (χ3n) is 3.97. The van der Waals surface area contributed by atoms with Crippen molar-refractivity contribution in [2.45, 2.75) is 32.6 Å². The Hall–Kier alpha value is -2.57. The molecule has 0 saturated carbocycles. The van der Waals surface area contributed by atoms with Crippen molar-refractivity contribution in [3.8, 4) is 0 Å². The van der Waals surface area contributed by atoms with Crippen LogP contribution in [0.1, 0.15) is 41.6 Å². The van der Waals surface area contributed by atoms with Gasteiger partial charge in [-0.2, -0.15) is 0 Å². The minimum Gasteiger partial charge on any atom is -0.481 e. The van der Waals surface area contributed by atoms with E-state index in [-0.39, 0.29) is 18.4 Å². The van der Waals surface area contributed by atoms with Gasteiger partial charge in [-0.1, -0.05) is 0 Å². The number of carbonyl (C=O) groups is 3. The highest BCUT2D eigenvalue weighted by molar-refractivity contribution is 5.96. The van der Waals surface area contributed by atoms with Gasteiger partial charge in [-0.25, -0.2) is 4.79 Å². The lowest BCUT2D eigenvalue weighted by molar-refractivity contribution is -0.137. The average molecular weight is 333 g/mol. The van der Waals surface area contributed by atoms with Crippen molar-refractivity contribution in [2.75, 3.05) is 25.0 Å². The summed E-state index contributed by atoms with van der Waals surface area (Å²) in [5.74, 6) is -0.855. The van der Waals surface area contributed by atoms with Crippen molar-refractivity contribution in [3.63, 3.8) is 0 Å². The molecule has 1 fully saturated rings. The Labute approximate surface area is 141 Å². The number of carboxylic acid groups (broad SMARTS) is 1. The second-order valence-corrected chi connectivity index (χ2v) is 5.91. The Morgan fingerprint density at radius 3 is 2.54 bits per heavy atom. The number of rotatable bonds is 6. The summed E-state index contributed by atoms with van der Waals surface area (Å²) in [7, 11) is 0. The first kappa shape index (κ1) is 17.8. The maximum atomic E-state index is 12.3. The molecule has 1 aliphatic rings. The largest absolute Gasteiger partial charge is 0.481 e. The molecule has 0 unspecified atom stereocenters. The summed E-state index contributed by atoms with van der Waals surface area (Å²) in [4.78, 5) is 36.4. The lowest BCUT2D eigenvalue weighted by atomic mass is 10.1. The fraction of sp³-hybridized carbons (Fsp3) is 0.471. The number of hydrogen-bond acceptors (Lipinski definition) is 3. The molecule has 7 nitrogen and oxygen atoms in total. The van der Waals surface area contributed by atoms with Crippen LogP contribution in [-0.4, -0.2) is 47.5 Å². The molecular weight excluding hydrogens is 310 g/mol. The Morgan fingerprint density at radius 1 is 1.21 bits per heavy atom. The van der Waals surface area contributed by atoms with E-state index < -0.39 is 5.97 Å². The average Bonchev–Trinajstić information content (AvgIpc) is 3.07.